The monoisotopic (exact) mass is 516 g/mol. The maximum Gasteiger partial charge on any atom is 0.326 e. The van der Waals surface area contributed by atoms with Gasteiger partial charge >= 0.3 is 10.8 Å². The molecule has 0 radical (unpaired) electrons. The zero-order valence-corrected chi connectivity index (χ0v) is 19.9. The van der Waals surface area contributed by atoms with Crippen LogP contribution in [0.3, 0.4) is 0 Å². The number of hydrogen-bond donors (Lipinski definition) is 0. The van der Waals surface area contributed by atoms with E-state index in [4.69, 9.17) is 4.74 Å². The quantitative estimate of drug-likeness (QED) is 0.381. The number of ether oxygens (including phenoxy) is 1. The zero-order valence-electron chi connectivity index (χ0n) is 18.3. The standard InChI is InChI=1S/C24H18F2N2O5S2/c1-2-33-16(29)11-27-23-20(35-24(27)32)17(12-3-5-13(25)6-4-12)18-19(34-23)22(31)28(21(18)30)15-9-7-14(26)8-10-15/h3-10,17-19H,2,11H2,1H3/t17-,18-,19+/m0/s1. The second-order valence-corrected chi connectivity index (χ2v) is 10.1. The number of anilines is 1. The number of hydrogen-bond acceptors (Lipinski definition) is 7. The van der Waals surface area contributed by atoms with E-state index in [1.54, 1.807) is 6.92 Å². The Morgan fingerprint density at radius 2 is 1.60 bits per heavy atom. The number of rotatable bonds is 5. The number of benzene rings is 2. The molecule has 0 saturated carbocycles. The molecule has 2 amide bonds. The summed E-state index contributed by atoms with van der Waals surface area (Å²) in [5.41, 5.74) is 0.802. The number of esters is 1. The van der Waals surface area contributed by atoms with Gasteiger partial charge in [0.2, 0.25) is 11.8 Å². The fraction of sp³-hybridized carbons (Fsp3) is 0.250. The molecule has 0 bridgehead atoms. The molecule has 3 atom stereocenters. The minimum atomic E-state index is -0.891. The number of thiazole rings is 1. The third kappa shape index (κ3) is 3.98. The van der Waals surface area contributed by atoms with Crippen LogP contribution >= 0.6 is 23.1 Å². The molecule has 180 valence electrons. The minimum absolute atomic E-state index is 0.148. The SMILES string of the molecule is CCOC(=O)Cn1c2c(sc1=O)[C@@H](c1ccc(F)cc1)[C@@H]1C(=O)N(c3ccc(F)cc3)C(=O)[C@@H]1S2. The summed E-state index contributed by atoms with van der Waals surface area (Å²) in [6.45, 7) is 1.47. The zero-order chi connectivity index (χ0) is 24.9. The summed E-state index contributed by atoms with van der Waals surface area (Å²) >= 11 is 1.94. The minimum Gasteiger partial charge on any atom is -0.465 e. The van der Waals surface area contributed by atoms with Gasteiger partial charge in [-0.15, -0.1) is 0 Å². The van der Waals surface area contributed by atoms with Gasteiger partial charge in [0.25, 0.3) is 0 Å². The Bertz CT molecular complexity index is 1380. The molecule has 0 aliphatic carbocycles. The second kappa shape index (κ2) is 9.04. The average Bonchev–Trinajstić information content (AvgIpc) is 3.27. The molecule has 1 fully saturated rings. The van der Waals surface area contributed by atoms with Gasteiger partial charge in [-0.2, -0.15) is 0 Å². The van der Waals surface area contributed by atoms with Crippen LogP contribution in [-0.2, 0) is 25.7 Å². The molecule has 5 rings (SSSR count). The highest BCUT2D eigenvalue weighted by Crippen LogP contribution is 2.53. The van der Waals surface area contributed by atoms with Crippen LogP contribution in [0.25, 0.3) is 0 Å². The molecule has 2 aliphatic heterocycles. The Morgan fingerprint density at radius 3 is 2.23 bits per heavy atom. The summed E-state index contributed by atoms with van der Waals surface area (Å²) < 4.78 is 33.4. The van der Waals surface area contributed by atoms with Crippen LogP contribution < -0.4 is 9.77 Å². The van der Waals surface area contributed by atoms with Gasteiger partial charge in [-0.1, -0.05) is 35.2 Å². The van der Waals surface area contributed by atoms with E-state index in [-0.39, 0.29) is 18.8 Å². The lowest BCUT2D eigenvalue weighted by Crippen LogP contribution is -2.32. The molecule has 7 nitrogen and oxygen atoms in total. The van der Waals surface area contributed by atoms with Gasteiger partial charge in [0.15, 0.2) is 0 Å². The van der Waals surface area contributed by atoms with Crippen molar-refractivity contribution in [2.45, 2.75) is 29.7 Å². The van der Waals surface area contributed by atoms with E-state index in [0.29, 0.717) is 15.5 Å². The highest BCUT2D eigenvalue weighted by molar-refractivity contribution is 8.00. The molecule has 2 aliphatic rings. The predicted molar refractivity (Wildman–Crippen MR) is 125 cm³/mol. The number of carbonyl (C=O) groups is 3. The lowest BCUT2D eigenvalue weighted by Gasteiger charge is -2.30. The number of halogens is 2. The first-order valence-electron chi connectivity index (χ1n) is 10.7. The summed E-state index contributed by atoms with van der Waals surface area (Å²) in [5, 5.41) is -0.483. The van der Waals surface area contributed by atoms with Gasteiger partial charge < -0.3 is 4.74 Å². The topological polar surface area (TPSA) is 85.7 Å². The molecular weight excluding hydrogens is 498 g/mol. The molecule has 0 N–H and O–H groups in total. The fourth-order valence-corrected chi connectivity index (χ4v) is 7.24. The van der Waals surface area contributed by atoms with E-state index in [2.05, 4.69) is 0 Å². The molecule has 11 heteroatoms. The van der Waals surface area contributed by atoms with Crippen molar-refractivity contribution in [3.63, 3.8) is 0 Å². The molecule has 3 heterocycles. The summed E-state index contributed by atoms with van der Waals surface area (Å²) in [4.78, 5) is 53.3. The number of aromatic nitrogens is 1. The van der Waals surface area contributed by atoms with E-state index in [0.717, 1.165) is 40.1 Å². The van der Waals surface area contributed by atoms with Crippen molar-refractivity contribution in [2.24, 2.45) is 5.92 Å². The maximum absolute atomic E-state index is 13.7. The summed E-state index contributed by atoms with van der Waals surface area (Å²) in [7, 11) is 0. The van der Waals surface area contributed by atoms with Crippen LogP contribution in [0.4, 0.5) is 14.5 Å². The first kappa shape index (κ1) is 23.4. The normalized spacial score (nSPS) is 21.1. The number of thioether (sulfide) groups is 1. The van der Waals surface area contributed by atoms with Crippen LogP contribution in [-0.4, -0.2) is 34.2 Å². The Balaban J connectivity index is 1.64. The second-order valence-electron chi connectivity index (χ2n) is 8.01. The number of nitrogens with zero attached hydrogens (tertiary/aromatic N) is 2. The number of imide groups is 1. The lowest BCUT2D eigenvalue weighted by atomic mass is 9.83. The number of fused-ring (bicyclic) bond motifs is 2. The highest BCUT2D eigenvalue weighted by atomic mass is 32.2. The third-order valence-corrected chi connectivity index (χ3v) is 8.56. The fourth-order valence-electron chi connectivity index (χ4n) is 4.46. The van der Waals surface area contributed by atoms with Crippen LogP contribution in [0, 0.1) is 17.6 Å². The maximum atomic E-state index is 13.7. The van der Waals surface area contributed by atoms with Crippen molar-refractivity contribution in [3.05, 3.63) is 80.3 Å². The van der Waals surface area contributed by atoms with Crippen molar-refractivity contribution in [2.75, 3.05) is 11.5 Å². The van der Waals surface area contributed by atoms with Gasteiger partial charge in [-0.3, -0.25) is 23.7 Å². The molecule has 0 spiro atoms. The van der Waals surface area contributed by atoms with Crippen molar-refractivity contribution >= 4 is 46.6 Å². The Hall–Kier alpha value is -3.31. The van der Waals surface area contributed by atoms with Gasteiger partial charge in [0, 0.05) is 10.8 Å². The van der Waals surface area contributed by atoms with Gasteiger partial charge in [-0.05, 0) is 48.9 Å². The molecule has 35 heavy (non-hydrogen) atoms. The van der Waals surface area contributed by atoms with E-state index in [1.807, 2.05) is 0 Å². The molecule has 2 aromatic carbocycles. The Kier molecular flexibility index (Phi) is 6.06. The highest BCUT2D eigenvalue weighted by Gasteiger charge is 2.56. The van der Waals surface area contributed by atoms with Crippen molar-refractivity contribution in [3.8, 4) is 0 Å². The van der Waals surface area contributed by atoms with E-state index in [9.17, 15) is 28.0 Å². The van der Waals surface area contributed by atoms with Gasteiger partial charge in [0.05, 0.1) is 23.2 Å². The first-order chi connectivity index (χ1) is 16.8. The Morgan fingerprint density at radius 1 is 0.971 bits per heavy atom. The third-order valence-electron chi connectivity index (χ3n) is 5.96. The summed E-state index contributed by atoms with van der Waals surface area (Å²) in [5.74, 6) is -4.14. The van der Waals surface area contributed by atoms with Crippen LogP contribution in [0.2, 0.25) is 0 Å². The predicted octanol–water partition coefficient (Wildman–Crippen LogP) is 3.55. The summed E-state index contributed by atoms with van der Waals surface area (Å²) in [6.07, 6.45) is 0. The average molecular weight is 517 g/mol. The first-order valence-corrected chi connectivity index (χ1v) is 12.4. The largest absolute Gasteiger partial charge is 0.465 e. The number of carbonyl (C=O) groups excluding carboxylic acids is 3. The van der Waals surface area contributed by atoms with E-state index >= 15 is 0 Å². The Labute approximate surface area is 206 Å². The van der Waals surface area contributed by atoms with Gasteiger partial charge in [0.1, 0.15) is 23.4 Å². The lowest BCUT2D eigenvalue weighted by molar-refractivity contribution is -0.144. The molecule has 0 unspecified atom stereocenters. The molecule has 3 aromatic rings. The van der Waals surface area contributed by atoms with Crippen LogP contribution in [0.5, 0.6) is 0 Å². The van der Waals surface area contributed by atoms with Gasteiger partial charge in [-0.25, -0.2) is 13.7 Å². The van der Waals surface area contributed by atoms with Crippen LogP contribution in [0.1, 0.15) is 23.3 Å². The molecular formula is C24H18F2N2O5S2. The van der Waals surface area contributed by atoms with Crippen molar-refractivity contribution in [1.29, 1.82) is 0 Å². The van der Waals surface area contributed by atoms with Crippen LogP contribution in [0.15, 0.2) is 58.4 Å². The smallest absolute Gasteiger partial charge is 0.326 e. The van der Waals surface area contributed by atoms with E-state index < -0.39 is 51.4 Å². The molecule has 1 aromatic heterocycles. The number of amides is 2. The summed E-state index contributed by atoms with van der Waals surface area (Å²) in [6, 6.07) is 10.6. The van der Waals surface area contributed by atoms with Crippen molar-refractivity contribution < 1.29 is 27.9 Å². The van der Waals surface area contributed by atoms with E-state index in [1.165, 1.54) is 41.0 Å². The molecule has 1 saturated heterocycles. The van der Waals surface area contributed by atoms with Crippen molar-refractivity contribution in [1.82, 2.24) is 4.57 Å².